The molecule has 0 unspecified atom stereocenters. The molecular weight excluding hydrogens is 138 g/mol. The minimum Gasteiger partial charge on any atom is -0.360 e. The Hall–Kier alpha value is -1.64. The number of fused-ring (bicyclic) bond motifs is 1. The first-order chi connectivity index (χ1) is 5.47. The van der Waals surface area contributed by atoms with E-state index in [0.29, 0.717) is 0 Å². The van der Waals surface area contributed by atoms with Crippen LogP contribution in [0.3, 0.4) is 0 Å². The predicted molar refractivity (Wildman–Crippen MR) is 43.8 cm³/mol. The number of anilines is 1. The molecule has 2 heterocycles. The summed E-state index contributed by atoms with van der Waals surface area (Å²) < 4.78 is 0. The Morgan fingerprint density at radius 3 is 3.27 bits per heavy atom. The quantitative estimate of drug-likeness (QED) is 0.600. The molecule has 3 nitrogen and oxygen atoms in total. The van der Waals surface area contributed by atoms with Gasteiger partial charge >= 0.3 is 0 Å². The van der Waals surface area contributed by atoms with E-state index in [0.717, 1.165) is 11.4 Å². The summed E-state index contributed by atoms with van der Waals surface area (Å²) in [5.41, 5.74) is 1.86. The summed E-state index contributed by atoms with van der Waals surface area (Å²) in [7, 11) is 0. The monoisotopic (exact) mass is 145 g/mol. The minimum atomic E-state index is 0.873. The number of aromatic nitrogens is 2. The predicted octanol–water partition coefficient (Wildman–Crippen LogP) is 1.43. The van der Waals surface area contributed by atoms with Gasteiger partial charge in [0.2, 0.25) is 0 Å². The lowest BCUT2D eigenvalue weighted by molar-refractivity contribution is 1.02. The van der Waals surface area contributed by atoms with E-state index in [1.807, 2.05) is 30.5 Å². The average Bonchev–Trinajstić information content (AvgIpc) is 2.28. The van der Waals surface area contributed by atoms with Crippen molar-refractivity contribution in [3.05, 3.63) is 36.3 Å². The van der Waals surface area contributed by atoms with Crippen LogP contribution in [-0.2, 0) is 0 Å². The lowest BCUT2D eigenvalue weighted by Gasteiger charge is -1.99. The maximum absolute atomic E-state index is 3.94. The highest BCUT2D eigenvalue weighted by atomic mass is 15.1. The molecule has 0 atom stereocenters. The summed E-state index contributed by atoms with van der Waals surface area (Å²) in [5.74, 6) is 0. The van der Waals surface area contributed by atoms with Crippen LogP contribution in [0.4, 0.5) is 5.69 Å². The maximum Gasteiger partial charge on any atom is 0.109 e. The number of nitrogens with one attached hydrogen (secondary N) is 1. The second kappa shape index (κ2) is 2.54. The number of allylic oxidation sites excluding steroid dienone is 2. The number of hydrogen-bond donors (Lipinski definition) is 1. The van der Waals surface area contributed by atoms with Crippen LogP contribution in [0, 0.1) is 0 Å². The molecule has 1 aliphatic rings. The van der Waals surface area contributed by atoms with Crippen LogP contribution in [-0.4, -0.2) is 10.2 Å². The van der Waals surface area contributed by atoms with Gasteiger partial charge in [-0.15, -0.1) is 5.10 Å². The topological polar surface area (TPSA) is 37.8 Å². The second-order valence-corrected chi connectivity index (χ2v) is 2.19. The van der Waals surface area contributed by atoms with E-state index in [2.05, 4.69) is 15.5 Å². The van der Waals surface area contributed by atoms with Gasteiger partial charge in [-0.3, -0.25) is 0 Å². The molecule has 0 aromatic carbocycles. The van der Waals surface area contributed by atoms with Gasteiger partial charge in [-0.05, 0) is 18.2 Å². The van der Waals surface area contributed by atoms with Crippen LogP contribution >= 0.6 is 0 Å². The van der Waals surface area contributed by atoms with Gasteiger partial charge in [0, 0.05) is 6.20 Å². The summed E-state index contributed by atoms with van der Waals surface area (Å²) in [6.45, 7) is 0. The fourth-order valence-corrected chi connectivity index (χ4v) is 0.928. The van der Waals surface area contributed by atoms with Gasteiger partial charge in [0.15, 0.2) is 0 Å². The van der Waals surface area contributed by atoms with Crippen molar-refractivity contribution in [3.63, 3.8) is 0 Å². The Kier molecular flexibility index (Phi) is 1.41. The molecular formula is C8H7N3. The summed E-state index contributed by atoms with van der Waals surface area (Å²) in [4.78, 5) is 0. The van der Waals surface area contributed by atoms with Crippen molar-refractivity contribution in [2.24, 2.45) is 0 Å². The first-order valence-electron chi connectivity index (χ1n) is 3.38. The van der Waals surface area contributed by atoms with Crippen molar-refractivity contribution in [3.8, 4) is 0 Å². The fourth-order valence-electron chi connectivity index (χ4n) is 0.928. The van der Waals surface area contributed by atoms with Gasteiger partial charge in [-0.25, -0.2) is 0 Å². The van der Waals surface area contributed by atoms with Gasteiger partial charge in [0.25, 0.3) is 0 Å². The second-order valence-electron chi connectivity index (χ2n) is 2.19. The normalized spacial score (nSPS) is 13.5. The van der Waals surface area contributed by atoms with Crippen LogP contribution in [0.2, 0.25) is 0 Å². The van der Waals surface area contributed by atoms with E-state index in [9.17, 15) is 0 Å². The number of rotatable bonds is 0. The van der Waals surface area contributed by atoms with Gasteiger partial charge in [-0.2, -0.15) is 5.10 Å². The smallest absolute Gasteiger partial charge is 0.109 e. The molecule has 0 saturated heterocycles. The largest absolute Gasteiger partial charge is 0.360 e. The Bertz CT molecular complexity index is 315. The molecule has 0 aliphatic carbocycles. The lowest BCUT2D eigenvalue weighted by atomic mass is 10.3. The molecule has 11 heavy (non-hydrogen) atoms. The average molecular weight is 145 g/mol. The van der Waals surface area contributed by atoms with E-state index >= 15 is 0 Å². The zero-order chi connectivity index (χ0) is 7.52. The van der Waals surface area contributed by atoms with Crippen LogP contribution in [0.25, 0.3) is 6.08 Å². The Balaban J connectivity index is 2.52. The Morgan fingerprint density at radius 1 is 1.27 bits per heavy atom. The molecule has 54 valence electrons. The van der Waals surface area contributed by atoms with Gasteiger partial charge < -0.3 is 5.32 Å². The Morgan fingerprint density at radius 2 is 2.27 bits per heavy atom. The van der Waals surface area contributed by atoms with E-state index < -0.39 is 0 Å². The number of nitrogens with zero attached hydrogens (tertiary/aromatic N) is 2. The highest BCUT2D eigenvalue weighted by Crippen LogP contribution is 2.14. The molecule has 1 aromatic rings. The van der Waals surface area contributed by atoms with Crippen molar-refractivity contribution in [1.82, 2.24) is 10.2 Å². The van der Waals surface area contributed by atoms with Crippen LogP contribution in [0.5, 0.6) is 0 Å². The van der Waals surface area contributed by atoms with Crippen molar-refractivity contribution in [2.75, 3.05) is 5.32 Å². The fraction of sp³-hybridized carbons (Fsp3) is 0. The number of hydrogen-bond acceptors (Lipinski definition) is 3. The summed E-state index contributed by atoms with van der Waals surface area (Å²) in [5, 5.41) is 10.8. The molecule has 1 N–H and O–H groups in total. The van der Waals surface area contributed by atoms with Gasteiger partial charge in [0.1, 0.15) is 5.69 Å². The minimum absolute atomic E-state index is 0.873. The summed E-state index contributed by atoms with van der Waals surface area (Å²) >= 11 is 0. The summed E-state index contributed by atoms with van der Waals surface area (Å²) in [6, 6.07) is 1.89. The zero-order valence-electron chi connectivity index (χ0n) is 5.86. The molecule has 3 heteroatoms. The third kappa shape index (κ3) is 1.12. The first-order valence-corrected chi connectivity index (χ1v) is 3.38. The third-order valence-corrected chi connectivity index (χ3v) is 1.45. The van der Waals surface area contributed by atoms with Gasteiger partial charge in [0.05, 0.1) is 11.9 Å². The van der Waals surface area contributed by atoms with E-state index in [1.54, 1.807) is 6.20 Å². The van der Waals surface area contributed by atoms with Crippen molar-refractivity contribution < 1.29 is 0 Å². The van der Waals surface area contributed by atoms with Crippen LogP contribution in [0.15, 0.2) is 30.6 Å². The zero-order valence-corrected chi connectivity index (χ0v) is 5.86. The Labute approximate surface area is 64.5 Å². The molecule has 0 radical (unpaired) electrons. The van der Waals surface area contributed by atoms with E-state index in [-0.39, 0.29) is 0 Å². The molecule has 0 bridgehead atoms. The SMILES string of the molecule is C1=CNc2ccnnc2C=C1. The molecule has 2 rings (SSSR count). The highest BCUT2D eigenvalue weighted by molar-refractivity contribution is 5.65. The van der Waals surface area contributed by atoms with Crippen LogP contribution < -0.4 is 5.32 Å². The molecule has 1 aliphatic heterocycles. The van der Waals surface area contributed by atoms with Gasteiger partial charge in [-0.1, -0.05) is 6.08 Å². The maximum atomic E-state index is 3.94. The molecule has 0 saturated carbocycles. The van der Waals surface area contributed by atoms with Crippen LogP contribution in [0.1, 0.15) is 5.69 Å². The lowest BCUT2D eigenvalue weighted by Crippen LogP contribution is -1.92. The van der Waals surface area contributed by atoms with Crippen molar-refractivity contribution in [2.45, 2.75) is 0 Å². The standard InChI is InChI=1S/C8H7N3/c1-2-5-9-7-4-6-10-11-8(7)3-1/h1-6,9H. The molecule has 0 amide bonds. The van der Waals surface area contributed by atoms with E-state index in [4.69, 9.17) is 0 Å². The molecule has 1 aromatic heterocycles. The van der Waals surface area contributed by atoms with Crippen molar-refractivity contribution >= 4 is 11.8 Å². The third-order valence-electron chi connectivity index (χ3n) is 1.45. The molecule has 0 spiro atoms. The molecule has 0 fully saturated rings. The van der Waals surface area contributed by atoms with E-state index in [1.165, 1.54) is 0 Å². The van der Waals surface area contributed by atoms with Crippen molar-refractivity contribution in [1.29, 1.82) is 0 Å². The summed E-state index contributed by atoms with van der Waals surface area (Å²) in [6.07, 6.45) is 9.29. The highest BCUT2D eigenvalue weighted by Gasteiger charge is 1.98. The first kappa shape index (κ1) is 6.09.